The van der Waals surface area contributed by atoms with Gasteiger partial charge in [0, 0.05) is 32.9 Å². The second-order valence-electron chi connectivity index (χ2n) is 4.66. The van der Waals surface area contributed by atoms with Crippen LogP contribution in [0.4, 0.5) is 0 Å². The summed E-state index contributed by atoms with van der Waals surface area (Å²) in [7, 11) is -0.243. The van der Waals surface area contributed by atoms with Crippen molar-refractivity contribution >= 4 is 10.0 Å². The zero-order valence-electron chi connectivity index (χ0n) is 10.6. The standard InChI is InChI=1S/C10H19N5O2S/c1-14(2)13-18(16,17)10-7-12-15(8-10)6-5-11-9-3-4-9/h7-9,11,13H,3-6H2,1-2H3. The molecule has 1 aliphatic rings. The van der Waals surface area contributed by atoms with E-state index in [0.717, 1.165) is 6.54 Å². The lowest BCUT2D eigenvalue weighted by Crippen LogP contribution is -2.35. The molecule has 1 heterocycles. The van der Waals surface area contributed by atoms with Crippen LogP contribution in [0.5, 0.6) is 0 Å². The van der Waals surface area contributed by atoms with Crippen molar-refractivity contribution in [2.75, 3.05) is 20.6 Å². The van der Waals surface area contributed by atoms with Crippen LogP contribution in [0.15, 0.2) is 17.3 Å². The number of hydrogen-bond donors (Lipinski definition) is 2. The summed E-state index contributed by atoms with van der Waals surface area (Å²) >= 11 is 0. The molecule has 0 unspecified atom stereocenters. The molecule has 8 heteroatoms. The fourth-order valence-corrected chi connectivity index (χ4v) is 2.60. The van der Waals surface area contributed by atoms with Gasteiger partial charge in [-0.2, -0.15) is 5.10 Å². The van der Waals surface area contributed by atoms with Crippen LogP contribution in [-0.4, -0.2) is 49.9 Å². The summed E-state index contributed by atoms with van der Waals surface area (Å²) in [5.41, 5.74) is 0. The highest BCUT2D eigenvalue weighted by Crippen LogP contribution is 2.18. The molecule has 0 aromatic carbocycles. The van der Waals surface area contributed by atoms with E-state index >= 15 is 0 Å². The van der Waals surface area contributed by atoms with Gasteiger partial charge < -0.3 is 5.32 Å². The Hall–Kier alpha value is -0.960. The average molecular weight is 273 g/mol. The first kappa shape index (κ1) is 13.5. The lowest BCUT2D eigenvalue weighted by Gasteiger charge is -2.10. The summed E-state index contributed by atoms with van der Waals surface area (Å²) in [6.07, 6.45) is 5.39. The lowest BCUT2D eigenvalue weighted by molar-refractivity contribution is 0.364. The van der Waals surface area contributed by atoms with Crippen molar-refractivity contribution < 1.29 is 8.42 Å². The van der Waals surface area contributed by atoms with Crippen molar-refractivity contribution in [2.45, 2.75) is 30.3 Å². The molecular formula is C10H19N5O2S. The number of hydrazine groups is 1. The first-order valence-electron chi connectivity index (χ1n) is 5.93. The molecule has 2 rings (SSSR count). The number of aromatic nitrogens is 2. The highest BCUT2D eigenvalue weighted by atomic mass is 32.2. The van der Waals surface area contributed by atoms with Crippen LogP contribution in [-0.2, 0) is 16.6 Å². The summed E-state index contributed by atoms with van der Waals surface area (Å²) in [6.45, 7) is 1.49. The Morgan fingerprint density at radius 1 is 1.50 bits per heavy atom. The normalized spacial score (nSPS) is 16.4. The molecule has 2 N–H and O–H groups in total. The Labute approximate surface area is 107 Å². The smallest absolute Gasteiger partial charge is 0.256 e. The average Bonchev–Trinajstić information content (AvgIpc) is 2.92. The van der Waals surface area contributed by atoms with Gasteiger partial charge in [-0.05, 0) is 12.8 Å². The van der Waals surface area contributed by atoms with Gasteiger partial charge in [-0.25, -0.2) is 13.4 Å². The molecule has 0 spiro atoms. The molecule has 0 aliphatic heterocycles. The Bertz CT molecular complexity index is 492. The van der Waals surface area contributed by atoms with Crippen molar-refractivity contribution in [1.82, 2.24) is 24.9 Å². The van der Waals surface area contributed by atoms with E-state index in [1.807, 2.05) is 0 Å². The first-order chi connectivity index (χ1) is 8.47. The zero-order chi connectivity index (χ0) is 13.2. The van der Waals surface area contributed by atoms with Gasteiger partial charge in [0.1, 0.15) is 4.90 Å². The molecule has 1 aliphatic carbocycles. The predicted octanol–water partition coefficient (Wildman–Crippen LogP) is -0.610. The summed E-state index contributed by atoms with van der Waals surface area (Å²) in [6, 6.07) is 0.652. The molecular weight excluding hydrogens is 254 g/mol. The minimum absolute atomic E-state index is 0.183. The van der Waals surface area contributed by atoms with Crippen molar-refractivity contribution in [3.63, 3.8) is 0 Å². The van der Waals surface area contributed by atoms with Crippen LogP contribution < -0.4 is 10.1 Å². The number of sulfonamides is 1. The van der Waals surface area contributed by atoms with Gasteiger partial charge >= 0.3 is 0 Å². The lowest BCUT2D eigenvalue weighted by atomic mass is 10.6. The largest absolute Gasteiger partial charge is 0.312 e. The molecule has 0 bridgehead atoms. The van der Waals surface area contributed by atoms with Crippen molar-refractivity contribution in [2.24, 2.45) is 0 Å². The molecule has 18 heavy (non-hydrogen) atoms. The fraction of sp³-hybridized carbons (Fsp3) is 0.700. The monoisotopic (exact) mass is 273 g/mol. The van der Waals surface area contributed by atoms with Gasteiger partial charge in [-0.15, -0.1) is 4.83 Å². The van der Waals surface area contributed by atoms with Gasteiger partial charge in [0.25, 0.3) is 10.0 Å². The Morgan fingerprint density at radius 2 is 2.22 bits per heavy atom. The molecule has 0 atom stereocenters. The molecule has 7 nitrogen and oxygen atoms in total. The minimum atomic E-state index is -3.50. The van der Waals surface area contributed by atoms with E-state index in [1.165, 1.54) is 24.0 Å². The van der Waals surface area contributed by atoms with E-state index < -0.39 is 10.0 Å². The maximum atomic E-state index is 11.8. The van der Waals surface area contributed by atoms with Crippen molar-refractivity contribution in [3.05, 3.63) is 12.4 Å². The highest BCUT2D eigenvalue weighted by molar-refractivity contribution is 7.89. The second kappa shape index (κ2) is 5.35. The fourth-order valence-electron chi connectivity index (χ4n) is 1.57. The van der Waals surface area contributed by atoms with E-state index in [4.69, 9.17) is 0 Å². The number of rotatable bonds is 7. The van der Waals surface area contributed by atoms with Crippen molar-refractivity contribution in [1.29, 1.82) is 0 Å². The summed E-state index contributed by atoms with van der Waals surface area (Å²) in [5.74, 6) is 0. The third kappa shape index (κ3) is 3.77. The molecule has 1 saturated carbocycles. The van der Waals surface area contributed by atoms with E-state index in [0.29, 0.717) is 12.6 Å². The topological polar surface area (TPSA) is 79.3 Å². The van der Waals surface area contributed by atoms with Crippen LogP contribution in [0.2, 0.25) is 0 Å². The summed E-state index contributed by atoms with van der Waals surface area (Å²) in [4.78, 5) is 2.55. The van der Waals surface area contributed by atoms with Gasteiger partial charge in [0.05, 0.1) is 12.7 Å². The molecule has 0 radical (unpaired) electrons. The van der Waals surface area contributed by atoms with Gasteiger partial charge in [0.15, 0.2) is 0 Å². The molecule has 0 amide bonds. The molecule has 102 valence electrons. The first-order valence-corrected chi connectivity index (χ1v) is 7.41. The maximum absolute atomic E-state index is 11.8. The predicted molar refractivity (Wildman–Crippen MR) is 67.3 cm³/mol. The van der Waals surface area contributed by atoms with Crippen LogP contribution in [0.1, 0.15) is 12.8 Å². The van der Waals surface area contributed by atoms with Crippen LogP contribution in [0.25, 0.3) is 0 Å². The third-order valence-corrected chi connectivity index (χ3v) is 4.01. The molecule has 1 aromatic heterocycles. The van der Waals surface area contributed by atoms with Gasteiger partial charge in [0.2, 0.25) is 0 Å². The van der Waals surface area contributed by atoms with E-state index in [2.05, 4.69) is 15.2 Å². The van der Waals surface area contributed by atoms with Crippen LogP contribution in [0.3, 0.4) is 0 Å². The summed E-state index contributed by atoms with van der Waals surface area (Å²) < 4.78 is 25.3. The number of nitrogens with zero attached hydrogens (tertiary/aromatic N) is 3. The van der Waals surface area contributed by atoms with E-state index in [-0.39, 0.29) is 4.90 Å². The third-order valence-electron chi connectivity index (χ3n) is 2.57. The molecule has 1 aromatic rings. The quantitative estimate of drug-likeness (QED) is 0.648. The van der Waals surface area contributed by atoms with Gasteiger partial charge in [-0.3, -0.25) is 4.68 Å². The summed E-state index contributed by atoms with van der Waals surface area (Å²) in [5, 5.41) is 8.79. The van der Waals surface area contributed by atoms with E-state index in [9.17, 15) is 8.42 Å². The Kier molecular flexibility index (Phi) is 4.00. The van der Waals surface area contributed by atoms with E-state index in [1.54, 1.807) is 25.0 Å². The molecule has 0 saturated heterocycles. The number of hydrogen-bond acceptors (Lipinski definition) is 5. The van der Waals surface area contributed by atoms with Crippen LogP contribution in [0, 0.1) is 0 Å². The Balaban J connectivity index is 1.91. The van der Waals surface area contributed by atoms with Gasteiger partial charge in [-0.1, -0.05) is 0 Å². The SMILES string of the molecule is CN(C)NS(=O)(=O)c1cnn(CCNC2CC2)c1. The van der Waals surface area contributed by atoms with Crippen LogP contribution >= 0.6 is 0 Å². The second-order valence-corrected chi connectivity index (χ2v) is 6.32. The Morgan fingerprint density at radius 3 is 2.83 bits per heavy atom. The minimum Gasteiger partial charge on any atom is -0.312 e. The highest BCUT2D eigenvalue weighted by Gasteiger charge is 2.20. The van der Waals surface area contributed by atoms with Crippen molar-refractivity contribution in [3.8, 4) is 0 Å². The number of nitrogens with one attached hydrogen (secondary N) is 2. The molecule has 1 fully saturated rings. The maximum Gasteiger partial charge on any atom is 0.256 e. The zero-order valence-corrected chi connectivity index (χ0v) is 11.4.